The number of esters is 1. The normalized spacial score (nSPS) is 21.6. The SMILES string of the molecule is Cc1cncc([C@H]2C[C@@](CC(C)C)(C(=O)OC(C)(C)C)N(C(=O)c3ccc(C(C)(C)C)cc3)[C@H]2c2nccs2)n1. The summed E-state index contributed by atoms with van der Waals surface area (Å²) in [4.78, 5) is 44.7. The Balaban J connectivity index is 1.95. The van der Waals surface area contributed by atoms with Gasteiger partial charge in [0.2, 0.25) is 0 Å². The molecule has 0 aliphatic carbocycles. The molecule has 3 aromatic rings. The maximum absolute atomic E-state index is 14.7. The van der Waals surface area contributed by atoms with Crippen molar-refractivity contribution in [3.8, 4) is 0 Å². The van der Waals surface area contributed by atoms with Gasteiger partial charge in [-0.3, -0.25) is 14.8 Å². The molecule has 1 fully saturated rings. The van der Waals surface area contributed by atoms with E-state index in [0.29, 0.717) is 18.4 Å². The number of aromatic nitrogens is 3. The average Bonchev–Trinajstić information content (AvgIpc) is 3.48. The fourth-order valence-electron chi connectivity index (χ4n) is 5.68. The minimum atomic E-state index is -1.21. The topological polar surface area (TPSA) is 85.3 Å². The third kappa shape index (κ3) is 6.12. The Morgan fingerprint density at radius 1 is 1.10 bits per heavy atom. The monoisotopic (exact) mass is 562 g/mol. The lowest BCUT2D eigenvalue weighted by atomic mass is 9.82. The summed E-state index contributed by atoms with van der Waals surface area (Å²) in [7, 11) is 0. The molecule has 1 saturated heterocycles. The third-order valence-electron chi connectivity index (χ3n) is 7.28. The van der Waals surface area contributed by atoms with Gasteiger partial charge in [0, 0.05) is 35.5 Å². The van der Waals surface area contributed by atoms with E-state index in [1.165, 1.54) is 11.3 Å². The summed E-state index contributed by atoms with van der Waals surface area (Å²) in [5.74, 6) is -0.777. The number of rotatable bonds is 6. The number of hydrogen-bond donors (Lipinski definition) is 0. The number of thiazole rings is 1. The molecule has 3 atom stereocenters. The van der Waals surface area contributed by atoms with Gasteiger partial charge in [-0.1, -0.05) is 46.8 Å². The third-order valence-corrected chi connectivity index (χ3v) is 8.12. The predicted molar refractivity (Wildman–Crippen MR) is 158 cm³/mol. The van der Waals surface area contributed by atoms with Crippen LogP contribution in [-0.2, 0) is 14.9 Å². The summed E-state index contributed by atoms with van der Waals surface area (Å²) >= 11 is 1.48. The van der Waals surface area contributed by atoms with Crippen LogP contribution in [0.3, 0.4) is 0 Å². The van der Waals surface area contributed by atoms with Gasteiger partial charge in [0.05, 0.1) is 17.4 Å². The number of benzene rings is 1. The minimum Gasteiger partial charge on any atom is -0.458 e. The number of carbonyl (C=O) groups excluding carboxylic acids is 2. The lowest BCUT2D eigenvalue weighted by Crippen LogP contribution is -2.56. The fraction of sp³-hybridized carbons (Fsp3) is 0.531. The molecule has 0 bridgehead atoms. The highest BCUT2D eigenvalue weighted by atomic mass is 32.1. The Bertz CT molecular complexity index is 1340. The Labute approximate surface area is 242 Å². The summed E-state index contributed by atoms with van der Waals surface area (Å²) in [5, 5.41) is 2.67. The molecule has 8 heteroatoms. The number of amides is 1. The van der Waals surface area contributed by atoms with E-state index >= 15 is 0 Å². The number of ether oxygens (including phenoxy) is 1. The van der Waals surface area contributed by atoms with E-state index < -0.39 is 23.2 Å². The molecular weight excluding hydrogens is 520 g/mol. The molecule has 3 heterocycles. The molecule has 0 radical (unpaired) electrons. The molecule has 0 unspecified atom stereocenters. The van der Waals surface area contributed by atoms with Crippen molar-refractivity contribution in [3.05, 3.63) is 75.8 Å². The lowest BCUT2D eigenvalue weighted by molar-refractivity contribution is -0.168. The van der Waals surface area contributed by atoms with E-state index in [2.05, 4.69) is 44.6 Å². The van der Waals surface area contributed by atoms with Gasteiger partial charge >= 0.3 is 5.97 Å². The van der Waals surface area contributed by atoms with Gasteiger partial charge in [-0.15, -0.1) is 11.3 Å². The first-order valence-corrected chi connectivity index (χ1v) is 14.9. The van der Waals surface area contributed by atoms with Gasteiger partial charge in [-0.2, -0.15) is 0 Å². The zero-order valence-electron chi connectivity index (χ0n) is 25.2. The van der Waals surface area contributed by atoms with E-state index in [1.54, 1.807) is 23.5 Å². The Hall–Kier alpha value is -3.13. The van der Waals surface area contributed by atoms with Crippen molar-refractivity contribution in [1.29, 1.82) is 0 Å². The highest BCUT2D eigenvalue weighted by molar-refractivity contribution is 7.09. The zero-order chi connectivity index (χ0) is 29.5. The van der Waals surface area contributed by atoms with Crippen molar-refractivity contribution in [2.45, 2.75) is 104 Å². The van der Waals surface area contributed by atoms with Crippen LogP contribution in [0.1, 0.15) is 113 Å². The Morgan fingerprint density at radius 2 is 1.77 bits per heavy atom. The van der Waals surface area contributed by atoms with E-state index in [-0.39, 0.29) is 23.2 Å². The molecule has 214 valence electrons. The molecule has 0 spiro atoms. The van der Waals surface area contributed by atoms with Crippen molar-refractivity contribution >= 4 is 23.2 Å². The first kappa shape index (κ1) is 29.8. The van der Waals surface area contributed by atoms with Crippen molar-refractivity contribution < 1.29 is 14.3 Å². The first-order valence-electron chi connectivity index (χ1n) is 14.0. The second-order valence-corrected chi connectivity index (χ2v) is 14.3. The van der Waals surface area contributed by atoms with Gasteiger partial charge in [0.25, 0.3) is 5.91 Å². The molecule has 1 amide bonds. The van der Waals surface area contributed by atoms with E-state index in [9.17, 15) is 9.59 Å². The summed E-state index contributed by atoms with van der Waals surface area (Å²) in [6.45, 7) is 18.1. The van der Waals surface area contributed by atoms with Crippen LogP contribution in [0, 0.1) is 12.8 Å². The molecule has 7 nitrogen and oxygen atoms in total. The highest BCUT2D eigenvalue weighted by Gasteiger charge is 2.61. The van der Waals surface area contributed by atoms with Gasteiger partial charge in [-0.05, 0) is 69.6 Å². The summed E-state index contributed by atoms with van der Waals surface area (Å²) in [6, 6.07) is 7.25. The van der Waals surface area contributed by atoms with Crippen molar-refractivity contribution in [1.82, 2.24) is 19.9 Å². The van der Waals surface area contributed by atoms with Crippen LogP contribution in [0.2, 0.25) is 0 Å². The number of hydrogen-bond acceptors (Lipinski definition) is 7. The predicted octanol–water partition coefficient (Wildman–Crippen LogP) is 7.04. The second kappa shape index (κ2) is 11.0. The van der Waals surface area contributed by atoms with E-state index in [4.69, 9.17) is 9.72 Å². The molecule has 4 rings (SSSR count). The largest absolute Gasteiger partial charge is 0.458 e. The molecule has 0 saturated carbocycles. The maximum Gasteiger partial charge on any atom is 0.332 e. The van der Waals surface area contributed by atoms with Crippen LogP contribution >= 0.6 is 11.3 Å². The van der Waals surface area contributed by atoms with Crippen LogP contribution in [0.25, 0.3) is 0 Å². The molecule has 40 heavy (non-hydrogen) atoms. The lowest BCUT2D eigenvalue weighted by Gasteiger charge is -2.41. The van der Waals surface area contributed by atoms with Crippen LogP contribution in [0.4, 0.5) is 0 Å². The van der Waals surface area contributed by atoms with Gasteiger partial charge in [0.1, 0.15) is 16.1 Å². The molecular formula is C32H42N4O3S. The average molecular weight is 563 g/mol. The molecule has 0 N–H and O–H groups in total. The van der Waals surface area contributed by atoms with Crippen LogP contribution < -0.4 is 0 Å². The maximum atomic E-state index is 14.7. The standard InChI is InChI=1S/C32H42N4O3S/c1-20(2)16-32(29(38)39-31(7,8)9)17-24(25-19-33-18-21(3)35-25)26(27-34-14-15-40-27)36(32)28(37)22-10-12-23(13-11-22)30(4,5)6/h10-15,18-20,24,26H,16-17H2,1-9H3/t24-,26-,32+/m1/s1. The van der Waals surface area contributed by atoms with Crippen molar-refractivity contribution in [2.75, 3.05) is 0 Å². The van der Waals surface area contributed by atoms with Crippen molar-refractivity contribution in [3.63, 3.8) is 0 Å². The van der Waals surface area contributed by atoms with Gasteiger partial charge in [-0.25, -0.2) is 9.78 Å². The van der Waals surface area contributed by atoms with E-state index in [0.717, 1.165) is 22.0 Å². The van der Waals surface area contributed by atoms with Crippen LogP contribution in [0.5, 0.6) is 0 Å². The quantitative estimate of drug-likeness (QED) is 0.300. The molecule has 1 aromatic carbocycles. The fourth-order valence-corrected chi connectivity index (χ4v) is 6.47. The smallest absolute Gasteiger partial charge is 0.332 e. The number of aryl methyl sites for hydroxylation is 1. The minimum absolute atomic E-state index is 0.0501. The summed E-state index contributed by atoms with van der Waals surface area (Å²) in [5.41, 5.74) is 1.21. The number of nitrogens with zero attached hydrogens (tertiary/aromatic N) is 4. The van der Waals surface area contributed by atoms with Crippen LogP contribution in [-0.4, -0.2) is 42.9 Å². The molecule has 1 aliphatic heterocycles. The molecule has 2 aromatic heterocycles. The van der Waals surface area contributed by atoms with Crippen molar-refractivity contribution in [2.24, 2.45) is 5.92 Å². The zero-order valence-corrected chi connectivity index (χ0v) is 26.0. The first-order chi connectivity index (χ1) is 18.6. The Morgan fingerprint density at radius 3 is 2.30 bits per heavy atom. The Kier molecular flexibility index (Phi) is 8.23. The second-order valence-electron chi connectivity index (χ2n) is 13.3. The van der Waals surface area contributed by atoms with E-state index in [1.807, 2.05) is 57.3 Å². The number of likely N-dealkylation sites (tertiary alicyclic amines) is 1. The summed E-state index contributed by atoms with van der Waals surface area (Å²) in [6.07, 6.45) is 6.03. The molecule has 1 aliphatic rings. The van der Waals surface area contributed by atoms with Gasteiger partial charge < -0.3 is 9.64 Å². The van der Waals surface area contributed by atoms with Gasteiger partial charge in [0.15, 0.2) is 0 Å². The van der Waals surface area contributed by atoms with Crippen LogP contribution in [0.15, 0.2) is 48.2 Å². The number of carbonyl (C=O) groups is 2. The highest BCUT2D eigenvalue weighted by Crippen LogP contribution is 2.55. The summed E-state index contributed by atoms with van der Waals surface area (Å²) < 4.78 is 6.09.